The third-order valence-corrected chi connectivity index (χ3v) is 4.03. The van der Waals surface area contributed by atoms with E-state index >= 15 is 0 Å². The summed E-state index contributed by atoms with van der Waals surface area (Å²) in [5.74, 6) is -0.139. The lowest BCUT2D eigenvalue weighted by Gasteiger charge is -2.11. The smallest absolute Gasteiger partial charge is 0.187 e. The number of ketones is 1. The van der Waals surface area contributed by atoms with Crippen molar-refractivity contribution in [3.63, 3.8) is 0 Å². The van der Waals surface area contributed by atoms with Crippen LogP contribution in [0.5, 0.6) is 0 Å². The summed E-state index contributed by atoms with van der Waals surface area (Å²) in [7, 11) is 0. The lowest BCUT2D eigenvalue weighted by atomic mass is 10.1. The third-order valence-electron chi connectivity index (χ3n) is 3.80. The Morgan fingerprint density at radius 1 is 0.885 bits per heavy atom. The molecule has 3 aromatic carbocycles. The highest BCUT2D eigenvalue weighted by Gasteiger charge is 2.10. The molecule has 0 unspecified atom stereocenters. The standard InChI is InChI=1S/C22H16ClNO2/c23-18-11-12-20(21(14-18)24-19-4-2-1-3-5-19)22(26)13-10-16-6-8-17(15-25)9-7-16/h1-15,24H/b13-10+. The first-order chi connectivity index (χ1) is 12.7. The normalized spacial score (nSPS) is 10.7. The molecule has 4 heteroatoms. The number of para-hydroxylation sites is 1. The Bertz CT molecular complexity index is 948. The second-order valence-corrected chi connectivity index (χ2v) is 6.10. The minimum absolute atomic E-state index is 0.139. The fourth-order valence-electron chi connectivity index (χ4n) is 2.46. The molecule has 26 heavy (non-hydrogen) atoms. The van der Waals surface area contributed by atoms with Gasteiger partial charge in [-0.05, 0) is 42.0 Å². The van der Waals surface area contributed by atoms with E-state index in [4.69, 9.17) is 11.6 Å². The van der Waals surface area contributed by atoms with E-state index in [0.717, 1.165) is 17.5 Å². The maximum absolute atomic E-state index is 12.6. The van der Waals surface area contributed by atoms with Crippen LogP contribution in [0.2, 0.25) is 5.02 Å². The van der Waals surface area contributed by atoms with Gasteiger partial charge in [-0.15, -0.1) is 0 Å². The number of benzene rings is 3. The second kappa shape index (κ2) is 8.28. The summed E-state index contributed by atoms with van der Waals surface area (Å²) in [5.41, 5.74) is 3.49. The van der Waals surface area contributed by atoms with Crippen molar-refractivity contribution in [2.24, 2.45) is 0 Å². The van der Waals surface area contributed by atoms with Gasteiger partial charge in [0.1, 0.15) is 6.29 Å². The fourth-order valence-corrected chi connectivity index (χ4v) is 2.63. The van der Waals surface area contributed by atoms with Gasteiger partial charge in [-0.3, -0.25) is 9.59 Å². The number of carbonyl (C=O) groups is 2. The third kappa shape index (κ3) is 4.47. The molecule has 3 aromatic rings. The van der Waals surface area contributed by atoms with E-state index < -0.39 is 0 Å². The first-order valence-corrected chi connectivity index (χ1v) is 8.43. The van der Waals surface area contributed by atoms with Crippen molar-refractivity contribution in [3.05, 3.63) is 101 Å². The van der Waals surface area contributed by atoms with Crippen LogP contribution in [0.15, 0.2) is 78.9 Å². The van der Waals surface area contributed by atoms with Gasteiger partial charge in [0.05, 0.1) is 5.69 Å². The number of halogens is 1. The molecule has 0 spiro atoms. The van der Waals surface area contributed by atoms with Gasteiger partial charge in [-0.1, -0.05) is 60.1 Å². The van der Waals surface area contributed by atoms with Crippen molar-refractivity contribution in [3.8, 4) is 0 Å². The van der Waals surface area contributed by atoms with Crippen molar-refractivity contribution in [1.29, 1.82) is 0 Å². The van der Waals surface area contributed by atoms with Gasteiger partial charge in [-0.25, -0.2) is 0 Å². The lowest BCUT2D eigenvalue weighted by molar-refractivity contribution is 0.104. The number of allylic oxidation sites excluding steroid dienone is 1. The Morgan fingerprint density at radius 2 is 1.58 bits per heavy atom. The Labute approximate surface area is 156 Å². The van der Waals surface area contributed by atoms with Crippen molar-refractivity contribution in [2.45, 2.75) is 0 Å². The summed E-state index contributed by atoms with van der Waals surface area (Å²) in [6, 6.07) is 21.7. The molecule has 0 amide bonds. The Hall–Kier alpha value is -3.17. The van der Waals surface area contributed by atoms with Crippen LogP contribution in [0.4, 0.5) is 11.4 Å². The summed E-state index contributed by atoms with van der Waals surface area (Å²) in [6.45, 7) is 0. The maximum atomic E-state index is 12.6. The molecule has 0 bridgehead atoms. The number of hydrogen-bond donors (Lipinski definition) is 1. The van der Waals surface area contributed by atoms with Crippen LogP contribution < -0.4 is 5.32 Å². The molecular formula is C22H16ClNO2. The predicted octanol–water partition coefficient (Wildman–Crippen LogP) is 5.79. The van der Waals surface area contributed by atoms with Gasteiger partial charge >= 0.3 is 0 Å². The van der Waals surface area contributed by atoms with Gasteiger partial charge in [0, 0.05) is 21.8 Å². The zero-order valence-electron chi connectivity index (χ0n) is 13.9. The van der Waals surface area contributed by atoms with E-state index in [9.17, 15) is 9.59 Å². The maximum Gasteiger partial charge on any atom is 0.187 e. The molecule has 0 aliphatic carbocycles. The van der Waals surface area contributed by atoms with E-state index in [2.05, 4.69) is 5.32 Å². The minimum Gasteiger partial charge on any atom is -0.355 e. The molecule has 0 saturated heterocycles. The highest BCUT2D eigenvalue weighted by atomic mass is 35.5. The first-order valence-electron chi connectivity index (χ1n) is 8.05. The minimum atomic E-state index is -0.139. The monoisotopic (exact) mass is 361 g/mol. The molecule has 0 heterocycles. The van der Waals surface area contributed by atoms with Gasteiger partial charge in [0.15, 0.2) is 5.78 Å². The van der Waals surface area contributed by atoms with Crippen molar-refractivity contribution >= 4 is 41.1 Å². The van der Waals surface area contributed by atoms with E-state index in [1.807, 2.05) is 30.3 Å². The number of hydrogen-bond acceptors (Lipinski definition) is 3. The molecular weight excluding hydrogens is 346 g/mol. The van der Waals surface area contributed by atoms with Crippen LogP contribution in [-0.4, -0.2) is 12.1 Å². The largest absolute Gasteiger partial charge is 0.355 e. The van der Waals surface area contributed by atoms with E-state index in [-0.39, 0.29) is 5.78 Å². The van der Waals surface area contributed by atoms with Crippen LogP contribution >= 0.6 is 11.6 Å². The van der Waals surface area contributed by atoms with Crippen LogP contribution in [0, 0.1) is 0 Å². The number of aldehydes is 1. The van der Waals surface area contributed by atoms with E-state index in [1.165, 1.54) is 6.08 Å². The summed E-state index contributed by atoms with van der Waals surface area (Å²) < 4.78 is 0. The highest BCUT2D eigenvalue weighted by Crippen LogP contribution is 2.25. The van der Waals surface area contributed by atoms with Crippen LogP contribution in [0.3, 0.4) is 0 Å². The summed E-state index contributed by atoms with van der Waals surface area (Å²) >= 11 is 6.09. The van der Waals surface area contributed by atoms with Gasteiger partial charge in [-0.2, -0.15) is 0 Å². The molecule has 3 nitrogen and oxygen atoms in total. The first kappa shape index (κ1) is 17.6. The highest BCUT2D eigenvalue weighted by molar-refractivity contribution is 6.31. The number of nitrogens with one attached hydrogen (secondary N) is 1. The quantitative estimate of drug-likeness (QED) is 0.343. The lowest BCUT2D eigenvalue weighted by Crippen LogP contribution is -2.01. The molecule has 128 valence electrons. The molecule has 1 N–H and O–H groups in total. The topological polar surface area (TPSA) is 46.2 Å². The fraction of sp³-hybridized carbons (Fsp3) is 0. The number of anilines is 2. The summed E-state index contributed by atoms with van der Waals surface area (Å²) in [6.07, 6.45) is 4.01. The zero-order chi connectivity index (χ0) is 18.4. The molecule has 0 saturated carbocycles. The van der Waals surface area contributed by atoms with Crippen molar-refractivity contribution < 1.29 is 9.59 Å². The Balaban J connectivity index is 1.84. The van der Waals surface area contributed by atoms with Gasteiger partial charge in [0.2, 0.25) is 0 Å². The van der Waals surface area contributed by atoms with Crippen LogP contribution in [-0.2, 0) is 0 Å². The Kier molecular flexibility index (Phi) is 5.62. The molecule has 3 rings (SSSR count). The average Bonchev–Trinajstić information content (AvgIpc) is 2.67. The number of carbonyl (C=O) groups excluding carboxylic acids is 2. The molecule has 0 aliphatic rings. The molecule has 0 aromatic heterocycles. The van der Waals surface area contributed by atoms with Crippen molar-refractivity contribution in [1.82, 2.24) is 0 Å². The molecule has 0 fully saturated rings. The van der Waals surface area contributed by atoms with Gasteiger partial charge < -0.3 is 5.32 Å². The SMILES string of the molecule is O=Cc1ccc(/C=C/C(=O)c2ccc(Cl)cc2Nc2ccccc2)cc1. The number of rotatable bonds is 6. The molecule has 0 aliphatic heterocycles. The zero-order valence-corrected chi connectivity index (χ0v) is 14.6. The van der Waals surface area contributed by atoms with Crippen LogP contribution in [0.1, 0.15) is 26.3 Å². The van der Waals surface area contributed by atoms with Gasteiger partial charge in [0.25, 0.3) is 0 Å². The van der Waals surface area contributed by atoms with E-state index in [1.54, 1.807) is 48.5 Å². The molecule has 0 radical (unpaired) electrons. The average molecular weight is 362 g/mol. The summed E-state index contributed by atoms with van der Waals surface area (Å²) in [5, 5.41) is 3.78. The van der Waals surface area contributed by atoms with E-state index in [0.29, 0.717) is 21.8 Å². The Morgan fingerprint density at radius 3 is 2.27 bits per heavy atom. The van der Waals surface area contributed by atoms with Crippen molar-refractivity contribution in [2.75, 3.05) is 5.32 Å². The van der Waals surface area contributed by atoms with Crippen LogP contribution in [0.25, 0.3) is 6.08 Å². The second-order valence-electron chi connectivity index (χ2n) is 5.66. The molecule has 0 atom stereocenters. The predicted molar refractivity (Wildman–Crippen MR) is 106 cm³/mol. The summed E-state index contributed by atoms with van der Waals surface area (Å²) in [4.78, 5) is 23.3.